The summed E-state index contributed by atoms with van der Waals surface area (Å²) in [5.41, 5.74) is 3.51. The van der Waals surface area contributed by atoms with E-state index in [1.54, 1.807) is 7.11 Å². The highest BCUT2D eigenvalue weighted by atomic mass is 16.5. The first-order chi connectivity index (χ1) is 3.93. The van der Waals surface area contributed by atoms with Gasteiger partial charge in [-0.2, -0.15) is 0 Å². The lowest BCUT2D eigenvalue weighted by Gasteiger charge is -1.89. The molecule has 1 aliphatic rings. The molecule has 5 heteroatoms. The fraction of sp³-hybridized carbons (Fsp3) is 0.667. The van der Waals surface area contributed by atoms with Gasteiger partial charge in [0.25, 0.3) is 0 Å². The maximum absolute atomic E-state index is 4.68. The molecule has 8 heavy (non-hydrogen) atoms. The Morgan fingerprint density at radius 3 is 2.88 bits per heavy atom. The molecule has 0 atom stereocenters. The zero-order valence-corrected chi connectivity index (χ0v) is 4.40. The van der Waals surface area contributed by atoms with Gasteiger partial charge in [0.2, 0.25) is 5.84 Å². The van der Waals surface area contributed by atoms with Crippen LogP contribution in [0.15, 0.2) is 15.5 Å². The SMILES string of the molecule is COCC1=NN=N[N]1. The summed E-state index contributed by atoms with van der Waals surface area (Å²) in [4.78, 5) is 0. The molecule has 0 unspecified atom stereocenters. The summed E-state index contributed by atoms with van der Waals surface area (Å²) < 4.78 is 4.68. The molecule has 5 nitrogen and oxygen atoms in total. The van der Waals surface area contributed by atoms with Crippen LogP contribution in [0.4, 0.5) is 0 Å². The van der Waals surface area contributed by atoms with Crippen LogP contribution in [0, 0.1) is 0 Å². The minimum Gasteiger partial charge on any atom is -0.377 e. The fourth-order valence-electron chi connectivity index (χ4n) is 0.350. The number of ether oxygens (including phenoxy) is 1. The topological polar surface area (TPSA) is 60.4 Å². The number of nitrogens with zero attached hydrogens (tertiary/aromatic N) is 4. The third kappa shape index (κ3) is 1.00. The Morgan fingerprint density at radius 1 is 1.50 bits per heavy atom. The molecule has 0 spiro atoms. The second-order valence-electron chi connectivity index (χ2n) is 1.23. The van der Waals surface area contributed by atoms with Gasteiger partial charge < -0.3 is 4.74 Å². The van der Waals surface area contributed by atoms with Crippen molar-refractivity contribution in [3.8, 4) is 0 Å². The lowest BCUT2D eigenvalue weighted by Crippen LogP contribution is -2.12. The maximum Gasteiger partial charge on any atom is 0.202 e. The standard InChI is InChI=1S/C3H5N4O/c1-8-2-3-4-6-7-5-3/h2H2,1H3. The van der Waals surface area contributed by atoms with Crippen molar-refractivity contribution in [1.29, 1.82) is 0 Å². The zero-order valence-electron chi connectivity index (χ0n) is 4.40. The van der Waals surface area contributed by atoms with E-state index in [9.17, 15) is 0 Å². The van der Waals surface area contributed by atoms with E-state index in [0.29, 0.717) is 12.4 Å². The summed E-state index contributed by atoms with van der Waals surface area (Å²) in [7, 11) is 1.57. The molecule has 1 aliphatic heterocycles. The first-order valence-electron chi connectivity index (χ1n) is 2.10. The van der Waals surface area contributed by atoms with Gasteiger partial charge in [-0.05, 0) is 10.4 Å². The van der Waals surface area contributed by atoms with E-state index >= 15 is 0 Å². The van der Waals surface area contributed by atoms with E-state index in [1.165, 1.54) is 0 Å². The van der Waals surface area contributed by atoms with E-state index < -0.39 is 0 Å². The Hall–Kier alpha value is -0.970. The van der Waals surface area contributed by atoms with Crippen LogP contribution in [0.2, 0.25) is 0 Å². The lowest BCUT2D eigenvalue weighted by atomic mass is 10.7. The largest absolute Gasteiger partial charge is 0.377 e. The number of hydrogen-bond acceptors (Lipinski definition) is 4. The van der Waals surface area contributed by atoms with Gasteiger partial charge in [-0.25, -0.2) is 0 Å². The molecule has 1 radical (unpaired) electrons. The van der Waals surface area contributed by atoms with Gasteiger partial charge >= 0.3 is 0 Å². The van der Waals surface area contributed by atoms with Gasteiger partial charge in [0, 0.05) is 7.11 Å². The normalized spacial score (nSPS) is 15.9. The fourth-order valence-corrected chi connectivity index (χ4v) is 0.350. The molecule has 0 N–H and O–H groups in total. The summed E-state index contributed by atoms with van der Waals surface area (Å²) in [6, 6.07) is 0. The molecule has 0 saturated heterocycles. The van der Waals surface area contributed by atoms with Crippen molar-refractivity contribution in [2.24, 2.45) is 15.5 Å². The van der Waals surface area contributed by atoms with Gasteiger partial charge in [-0.3, -0.25) is 0 Å². The predicted octanol–water partition coefficient (Wildman–Crippen LogP) is -0.0685. The molecular formula is C3H5N4O. The third-order valence-corrected chi connectivity index (χ3v) is 0.634. The van der Waals surface area contributed by atoms with Crippen molar-refractivity contribution in [3.05, 3.63) is 0 Å². The average Bonchev–Trinajstić information content (AvgIpc) is 2.19. The second kappa shape index (κ2) is 2.37. The first kappa shape index (κ1) is 5.17. The molecule has 0 aromatic carbocycles. The molecule has 1 rings (SSSR count). The summed E-state index contributed by atoms with van der Waals surface area (Å²) in [5, 5.41) is 10.0. The van der Waals surface area contributed by atoms with E-state index in [4.69, 9.17) is 0 Å². The highest BCUT2D eigenvalue weighted by Crippen LogP contribution is 1.89. The van der Waals surface area contributed by atoms with Crippen molar-refractivity contribution < 1.29 is 4.74 Å². The van der Waals surface area contributed by atoms with Crippen LogP contribution in [0.5, 0.6) is 0 Å². The monoisotopic (exact) mass is 113 g/mol. The van der Waals surface area contributed by atoms with Crippen LogP contribution in [0.3, 0.4) is 0 Å². The summed E-state index contributed by atoms with van der Waals surface area (Å²) in [6.07, 6.45) is 0. The Labute approximate surface area is 46.4 Å². The van der Waals surface area contributed by atoms with Crippen LogP contribution in [0.25, 0.3) is 0 Å². The van der Waals surface area contributed by atoms with Gasteiger partial charge in [0.05, 0.1) is 0 Å². The van der Waals surface area contributed by atoms with Crippen molar-refractivity contribution >= 4 is 5.84 Å². The minimum absolute atomic E-state index is 0.382. The molecule has 0 amide bonds. The highest BCUT2D eigenvalue weighted by Gasteiger charge is 2.02. The molecule has 0 bridgehead atoms. The quantitative estimate of drug-likeness (QED) is 0.494. The van der Waals surface area contributed by atoms with E-state index in [1.807, 2.05) is 0 Å². The number of rotatable bonds is 2. The smallest absolute Gasteiger partial charge is 0.202 e. The van der Waals surface area contributed by atoms with E-state index in [-0.39, 0.29) is 0 Å². The Balaban J connectivity index is 2.28. The van der Waals surface area contributed by atoms with Crippen LogP contribution >= 0.6 is 0 Å². The van der Waals surface area contributed by atoms with Crippen molar-refractivity contribution in [1.82, 2.24) is 5.43 Å². The zero-order chi connectivity index (χ0) is 5.82. The van der Waals surface area contributed by atoms with Gasteiger partial charge in [0.15, 0.2) is 0 Å². The third-order valence-electron chi connectivity index (χ3n) is 0.634. The molecule has 0 saturated carbocycles. The van der Waals surface area contributed by atoms with Crippen molar-refractivity contribution in [2.75, 3.05) is 13.7 Å². The van der Waals surface area contributed by atoms with Crippen molar-refractivity contribution in [2.45, 2.75) is 0 Å². The summed E-state index contributed by atoms with van der Waals surface area (Å²) in [5.74, 6) is 0.521. The van der Waals surface area contributed by atoms with Crippen LogP contribution in [-0.2, 0) is 4.74 Å². The first-order valence-corrected chi connectivity index (χ1v) is 2.10. The van der Waals surface area contributed by atoms with Crippen LogP contribution < -0.4 is 5.43 Å². The van der Waals surface area contributed by atoms with Crippen LogP contribution in [-0.4, -0.2) is 19.6 Å². The minimum atomic E-state index is 0.382. The Kier molecular flexibility index (Phi) is 1.53. The van der Waals surface area contributed by atoms with Gasteiger partial charge in [-0.15, -0.1) is 10.5 Å². The Morgan fingerprint density at radius 2 is 2.38 bits per heavy atom. The average molecular weight is 113 g/mol. The van der Waals surface area contributed by atoms with E-state index in [0.717, 1.165) is 0 Å². The molecule has 0 fully saturated rings. The second-order valence-corrected chi connectivity index (χ2v) is 1.23. The number of hydrogen-bond donors (Lipinski definition) is 0. The van der Waals surface area contributed by atoms with Gasteiger partial charge in [-0.1, -0.05) is 0 Å². The van der Waals surface area contributed by atoms with E-state index in [2.05, 4.69) is 25.7 Å². The summed E-state index contributed by atoms with van der Waals surface area (Å²) in [6.45, 7) is 0.382. The molecule has 0 aliphatic carbocycles. The Bertz CT molecular complexity index is 129. The molecule has 0 aromatic heterocycles. The molecular weight excluding hydrogens is 108 g/mol. The highest BCUT2D eigenvalue weighted by molar-refractivity contribution is 5.83. The molecule has 0 aromatic rings. The lowest BCUT2D eigenvalue weighted by molar-refractivity contribution is 0.243. The number of amidine groups is 1. The molecule has 1 heterocycles. The van der Waals surface area contributed by atoms with Crippen LogP contribution in [0.1, 0.15) is 0 Å². The maximum atomic E-state index is 4.68. The summed E-state index contributed by atoms with van der Waals surface area (Å²) >= 11 is 0. The molecule has 43 valence electrons. The predicted molar refractivity (Wildman–Crippen MR) is 26.3 cm³/mol. The van der Waals surface area contributed by atoms with Gasteiger partial charge in [0.1, 0.15) is 6.61 Å². The van der Waals surface area contributed by atoms with Crippen molar-refractivity contribution in [3.63, 3.8) is 0 Å². The number of methoxy groups -OCH3 is 1.